The lowest BCUT2D eigenvalue weighted by Crippen LogP contribution is -2.18. The summed E-state index contributed by atoms with van der Waals surface area (Å²) in [6.07, 6.45) is 15.3. The fraction of sp³-hybridized carbons (Fsp3) is 0.704. The van der Waals surface area contributed by atoms with Crippen LogP contribution in [-0.4, -0.2) is 25.2 Å². The molecule has 0 spiro atoms. The molecule has 4 heteroatoms. The number of carbonyl (C=O) groups is 2. The van der Waals surface area contributed by atoms with Gasteiger partial charge >= 0.3 is 11.9 Å². The SMILES string of the molecule is CCCCCCCCCCCCCCOC(=O)c1cccc(C(=O)OCC(C)(C)C)c1. The smallest absolute Gasteiger partial charge is 0.338 e. The minimum absolute atomic E-state index is 0.0968. The number of unbranched alkanes of at least 4 members (excludes halogenated alkanes) is 11. The molecule has 0 aliphatic heterocycles. The normalized spacial score (nSPS) is 11.4. The maximum atomic E-state index is 12.3. The van der Waals surface area contributed by atoms with Crippen molar-refractivity contribution in [1.82, 2.24) is 0 Å². The van der Waals surface area contributed by atoms with Gasteiger partial charge in [0.2, 0.25) is 0 Å². The van der Waals surface area contributed by atoms with E-state index in [1.165, 1.54) is 64.2 Å². The lowest BCUT2D eigenvalue weighted by molar-refractivity contribution is 0.0367. The molecule has 0 radical (unpaired) electrons. The summed E-state index contributed by atoms with van der Waals surface area (Å²) in [5.74, 6) is -0.793. The van der Waals surface area contributed by atoms with E-state index < -0.39 is 5.97 Å². The molecular weight excluding hydrogens is 388 g/mol. The van der Waals surface area contributed by atoms with Crippen LogP contribution in [0, 0.1) is 5.41 Å². The third-order valence-corrected chi connectivity index (χ3v) is 5.20. The first kappa shape index (κ1) is 27.2. The van der Waals surface area contributed by atoms with Gasteiger partial charge in [0, 0.05) is 0 Å². The van der Waals surface area contributed by atoms with Gasteiger partial charge in [0.1, 0.15) is 0 Å². The summed E-state index contributed by atoms with van der Waals surface area (Å²) in [5, 5.41) is 0. The third kappa shape index (κ3) is 14.0. The number of carbonyl (C=O) groups excluding carboxylic acids is 2. The van der Waals surface area contributed by atoms with Crippen LogP contribution in [0.2, 0.25) is 0 Å². The van der Waals surface area contributed by atoms with Crippen molar-refractivity contribution in [2.24, 2.45) is 5.41 Å². The predicted molar refractivity (Wildman–Crippen MR) is 128 cm³/mol. The minimum Gasteiger partial charge on any atom is -0.462 e. The molecule has 0 bridgehead atoms. The highest BCUT2D eigenvalue weighted by Gasteiger charge is 2.16. The predicted octanol–water partition coefficient (Wildman–Crippen LogP) is 7.75. The molecule has 0 saturated carbocycles. The van der Waals surface area contributed by atoms with Crippen LogP contribution in [0.3, 0.4) is 0 Å². The van der Waals surface area contributed by atoms with E-state index in [4.69, 9.17) is 9.47 Å². The quantitative estimate of drug-likeness (QED) is 0.198. The van der Waals surface area contributed by atoms with Crippen molar-refractivity contribution in [1.29, 1.82) is 0 Å². The maximum absolute atomic E-state index is 12.3. The molecule has 0 aliphatic rings. The van der Waals surface area contributed by atoms with Crippen LogP contribution in [0.4, 0.5) is 0 Å². The van der Waals surface area contributed by atoms with E-state index in [1.54, 1.807) is 24.3 Å². The Morgan fingerprint density at radius 3 is 1.65 bits per heavy atom. The molecular formula is C27H44O4. The van der Waals surface area contributed by atoms with Crippen LogP contribution in [0.25, 0.3) is 0 Å². The monoisotopic (exact) mass is 432 g/mol. The van der Waals surface area contributed by atoms with Crippen molar-refractivity contribution < 1.29 is 19.1 Å². The molecule has 31 heavy (non-hydrogen) atoms. The minimum atomic E-state index is -0.412. The van der Waals surface area contributed by atoms with Gasteiger partial charge in [-0.3, -0.25) is 0 Å². The Morgan fingerprint density at radius 1 is 0.710 bits per heavy atom. The molecule has 176 valence electrons. The van der Waals surface area contributed by atoms with E-state index in [-0.39, 0.29) is 11.4 Å². The zero-order valence-electron chi connectivity index (χ0n) is 20.3. The average Bonchev–Trinajstić information content (AvgIpc) is 2.74. The van der Waals surface area contributed by atoms with E-state index in [0.29, 0.717) is 24.3 Å². The number of rotatable bonds is 16. The summed E-state index contributed by atoms with van der Waals surface area (Å²) in [4.78, 5) is 24.4. The fourth-order valence-corrected chi connectivity index (χ4v) is 3.33. The van der Waals surface area contributed by atoms with Gasteiger partial charge in [-0.15, -0.1) is 0 Å². The molecule has 0 unspecified atom stereocenters. The first-order chi connectivity index (χ1) is 14.8. The van der Waals surface area contributed by atoms with Gasteiger partial charge in [-0.2, -0.15) is 0 Å². The number of hydrogen-bond acceptors (Lipinski definition) is 4. The molecule has 0 saturated heterocycles. The van der Waals surface area contributed by atoms with Gasteiger partial charge in [0.25, 0.3) is 0 Å². The average molecular weight is 433 g/mol. The topological polar surface area (TPSA) is 52.6 Å². The van der Waals surface area contributed by atoms with Crippen LogP contribution >= 0.6 is 0 Å². The summed E-state index contributed by atoms with van der Waals surface area (Å²) in [6, 6.07) is 6.57. The van der Waals surface area contributed by atoms with E-state index in [1.807, 2.05) is 20.8 Å². The van der Waals surface area contributed by atoms with Crippen LogP contribution in [0.5, 0.6) is 0 Å². The number of ether oxygens (including phenoxy) is 2. The Kier molecular flexibility index (Phi) is 13.9. The second kappa shape index (κ2) is 15.9. The van der Waals surface area contributed by atoms with Crippen molar-refractivity contribution in [3.05, 3.63) is 35.4 Å². The van der Waals surface area contributed by atoms with Crippen LogP contribution < -0.4 is 0 Å². The summed E-state index contributed by atoms with van der Waals surface area (Å²) in [6.45, 7) is 9.03. The van der Waals surface area contributed by atoms with Crippen LogP contribution in [0.1, 0.15) is 125 Å². The molecule has 1 rings (SSSR count). The molecule has 0 aromatic heterocycles. The van der Waals surface area contributed by atoms with Gasteiger partial charge in [-0.05, 0) is 30.0 Å². The zero-order chi connectivity index (χ0) is 23.0. The van der Waals surface area contributed by atoms with E-state index in [9.17, 15) is 9.59 Å². The molecule has 0 fully saturated rings. The summed E-state index contributed by atoms with van der Waals surface area (Å²) >= 11 is 0. The van der Waals surface area contributed by atoms with Crippen LogP contribution in [-0.2, 0) is 9.47 Å². The van der Waals surface area contributed by atoms with Crippen molar-refractivity contribution >= 4 is 11.9 Å². The molecule has 0 atom stereocenters. The Bertz CT molecular complexity index is 630. The van der Waals surface area contributed by atoms with Gasteiger partial charge in [-0.25, -0.2) is 9.59 Å². The number of hydrogen-bond donors (Lipinski definition) is 0. The van der Waals surface area contributed by atoms with Crippen LogP contribution in [0.15, 0.2) is 24.3 Å². The molecule has 0 aliphatic carbocycles. The Balaban J connectivity index is 2.14. The lowest BCUT2D eigenvalue weighted by Gasteiger charge is -2.17. The Morgan fingerprint density at radius 2 is 1.16 bits per heavy atom. The highest BCUT2D eigenvalue weighted by molar-refractivity contribution is 5.95. The third-order valence-electron chi connectivity index (χ3n) is 5.20. The molecule has 0 heterocycles. The molecule has 0 N–H and O–H groups in total. The second-order valence-corrected chi connectivity index (χ2v) is 9.74. The summed E-state index contributed by atoms with van der Waals surface area (Å²) < 4.78 is 10.7. The molecule has 1 aromatic rings. The summed E-state index contributed by atoms with van der Waals surface area (Å²) in [5.41, 5.74) is 0.675. The Hall–Kier alpha value is -1.84. The van der Waals surface area contributed by atoms with E-state index in [0.717, 1.165) is 12.8 Å². The standard InChI is InChI=1S/C27H44O4/c1-5-6-7-8-9-10-11-12-13-14-15-16-20-30-25(28)23-18-17-19-24(21-23)26(29)31-22-27(2,3)4/h17-19,21H,5-16,20,22H2,1-4H3. The number of benzene rings is 1. The highest BCUT2D eigenvalue weighted by Crippen LogP contribution is 2.16. The highest BCUT2D eigenvalue weighted by atomic mass is 16.5. The van der Waals surface area contributed by atoms with Gasteiger partial charge in [0.05, 0.1) is 24.3 Å². The zero-order valence-corrected chi connectivity index (χ0v) is 20.3. The van der Waals surface area contributed by atoms with Crippen molar-refractivity contribution in [2.45, 2.75) is 105 Å². The fourth-order valence-electron chi connectivity index (χ4n) is 3.33. The van der Waals surface area contributed by atoms with Crippen molar-refractivity contribution in [2.75, 3.05) is 13.2 Å². The van der Waals surface area contributed by atoms with E-state index in [2.05, 4.69) is 6.92 Å². The first-order valence-corrected chi connectivity index (χ1v) is 12.3. The van der Waals surface area contributed by atoms with Crippen molar-refractivity contribution in [3.8, 4) is 0 Å². The largest absolute Gasteiger partial charge is 0.462 e. The van der Waals surface area contributed by atoms with Crippen molar-refractivity contribution in [3.63, 3.8) is 0 Å². The number of esters is 2. The molecule has 1 aromatic carbocycles. The summed E-state index contributed by atoms with van der Waals surface area (Å²) in [7, 11) is 0. The Labute approximate surface area is 190 Å². The van der Waals surface area contributed by atoms with Gasteiger partial charge in [-0.1, -0.05) is 104 Å². The molecule has 0 amide bonds. The molecule has 4 nitrogen and oxygen atoms in total. The van der Waals surface area contributed by atoms with E-state index >= 15 is 0 Å². The first-order valence-electron chi connectivity index (χ1n) is 12.3. The lowest BCUT2D eigenvalue weighted by atomic mass is 9.99. The second-order valence-electron chi connectivity index (χ2n) is 9.74. The maximum Gasteiger partial charge on any atom is 0.338 e. The van der Waals surface area contributed by atoms with Gasteiger partial charge < -0.3 is 9.47 Å². The van der Waals surface area contributed by atoms with Gasteiger partial charge in [0.15, 0.2) is 0 Å².